The number of carbonyl (C=O) groups excluding carboxylic acids is 1. The van der Waals surface area contributed by atoms with Crippen molar-refractivity contribution in [2.45, 2.75) is 91.6 Å². The lowest BCUT2D eigenvalue weighted by Gasteiger charge is -2.30. The summed E-state index contributed by atoms with van der Waals surface area (Å²) in [6.07, 6.45) is 1.21. The number of hydrogen-bond acceptors (Lipinski definition) is 6. The van der Waals surface area contributed by atoms with Crippen LogP contribution in [-0.2, 0) is 20.5 Å². The summed E-state index contributed by atoms with van der Waals surface area (Å²) in [6.45, 7) is 12.5. The number of aryl methyl sites for hydroxylation is 2. The van der Waals surface area contributed by atoms with Crippen molar-refractivity contribution in [2.24, 2.45) is 0 Å². The maximum Gasteiger partial charge on any atom is 0.503 e. The van der Waals surface area contributed by atoms with Gasteiger partial charge in [-0.1, -0.05) is 58.0 Å². The van der Waals surface area contributed by atoms with Gasteiger partial charge in [-0.15, -0.1) is 0 Å². The number of rotatable bonds is 14. The quantitative estimate of drug-likeness (QED) is 0.138. The Kier molecular flexibility index (Phi) is 11.4. The molecule has 0 aromatic heterocycles. The maximum absolute atomic E-state index is 15.9. The molecule has 0 bridgehead atoms. The van der Waals surface area contributed by atoms with E-state index in [0.29, 0.717) is 30.4 Å². The molecule has 234 valence electrons. The normalized spacial score (nSPS) is 13.9. The van der Waals surface area contributed by atoms with Gasteiger partial charge in [0.1, 0.15) is 29.4 Å². The molecule has 3 rings (SSSR count). The number of esters is 1. The summed E-state index contributed by atoms with van der Waals surface area (Å²) in [5, 5.41) is 12.4. The Hall–Kier alpha value is -3.42. The molecule has 0 spiro atoms. The van der Waals surface area contributed by atoms with Crippen molar-refractivity contribution >= 4 is 13.5 Å². The fourth-order valence-electron chi connectivity index (χ4n) is 4.69. The number of carbonyl (C=O) groups is 1. The fraction of sp³-hybridized carbons (Fsp3) is 0.424. The van der Waals surface area contributed by atoms with Crippen molar-refractivity contribution < 1.29 is 37.2 Å². The third-order valence-corrected chi connectivity index (χ3v) is 9.21. The molecule has 7 nitrogen and oxygen atoms in total. The van der Waals surface area contributed by atoms with Crippen LogP contribution in [0.3, 0.4) is 0 Å². The minimum absolute atomic E-state index is 0.0838. The number of hydrogen-bond donors (Lipinski definition) is 2. The highest BCUT2D eigenvalue weighted by molar-refractivity contribution is 7.58. The Labute approximate surface area is 253 Å². The maximum atomic E-state index is 15.9. The highest BCUT2D eigenvalue weighted by Gasteiger charge is 2.58. The van der Waals surface area contributed by atoms with E-state index in [4.69, 9.17) is 14.0 Å². The second kappa shape index (κ2) is 14.4. The fourth-order valence-corrected chi connectivity index (χ4v) is 6.26. The molecule has 0 aliphatic rings. The SMILES string of the molecule is CCC(CC)OC(=O)[C@H](C)NP(=O)(Oc1ccccc1)C(F)(F)Oc1cc(C)c(Cc2ccc(O)c(C(C)C)c2)c(C)c1. The van der Waals surface area contributed by atoms with Crippen LogP contribution in [0.5, 0.6) is 17.2 Å². The van der Waals surface area contributed by atoms with Crippen molar-refractivity contribution in [1.29, 1.82) is 0 Å². The van der Waals surface area contributed by atoms with Gasteiger partial charge in [0.2, 0.25) is 0 Å². The smallest absolute Gasteiger partial charge is 0.503 e. The van der Waals surface area contributed by atoms with E-state index in [1.54, 1.807) is 38.1 Å². The zero-order chi connectivity index (χ0) is 31.9. The van der Waals surface area contributed by atoms with Crippen LogP contribution in [0.2, 0.25) is 0 Å². The highest BCUT2D eigenvalue weighted by atomic mass is 31.2. The average molecular weight is 618 g/mol. The summed E-state index contributed by atoms with van der Waals surface area (Å²) in [5.74, 6) is -5.12. The zero-order valence-corrected chi connectivity index (χ0v) is 26.7. The first kappa shape index (κ1) is 34.1. The van der Waals surface area contributed by atoms with E-state index in [2.05, 4.69) is 5.09 Å². The summed E-state index contributed by atoms with van der Waals surface area (Å²) in [7, 11) is -5.23. The van der Waals surface area contributed by atoms with Gasteiger partial charge in [-0.3, -0.25) is 4.79 Å². The van der Waals surface area contributed by atoms with Crippen LogP contribution in [0.4, 0.5) is 8.78 Å². The van der Waals surface area contributed by atoms with Gasteiger partial charge in [-0.2, -0.15) is 8.78 Å². The molecule has 0 amide bonds. The van der Waals surface area contributed by atoms with Gasteiger partial charge in [0.05, 0.1) is 0 Å². The van der Waals surface area contributed by atoms with Gasteiger partial charge < -0.3 is 19.1 Å². The molecular weight excluding hydrogens is 575 g/mol. The molecule has 2 N–H and O–H groups in total. The molecule has 0 radical (unpaired) electrons. The summed E-state index contributed by atoms with van der Waals surface area (Å²) in [4.78, 5) is 12.7. The molecule has 10 heteroatoms. The third kappa shape index (κ3) is 8.58. The number of aromatic hydroxyl groups is 1. The number of alkyl halides is 2. The molecule has 3 aromatic carbocycles. The topological polar surface area (TPSA) is 94.1 Å². The predicted molar refractivity (Wildman–Crippen MR) is 164 cm³/mol. The Morgan fingerprint density at radius 2 is 1.56 bits per heavy atom. The second-order valence-electron chi connectivity index (χ2n) is 11.0. The first-order valence-corrected chi connectivity index (χ1v) is 16.1. The van der Waals surface area contributed by atoms with Crippen molar-refractivity contribution in [3.8, 4) is 17.2 Å². The number of phenolic OH excluding ortho intramolecular Hbond substituents is 1. The van der Waals surface area contributed by atoms with E-state index in [0.717, 1.165) is 16.7 Å². The molecule has 0 heterocycles. The standard InChI is InChI=1S/C33H42F2NO6P/c1-8-26(9-2)40-32(38)24(7)36-43(39,42-27-13-11-10-12-14-27)33(34,35)41-28-17-22(5)30(23(6)18-28)20-25-15-16-31(37)29(19-25)21(3)4/h10-19,21,24,26,37H,8-9,20H2,1-7H3,(H,36,39)/t24-,43?/m0/s1. The number of phenols is 1. The minimum Gasteiger partial charge on any atom is -0.508 e. The van der Waals surface area contributed by atoms with Gasteiger partial charge in [-0.05, 0) is 104 Å². The number of ether oxygens (including phenoxy) is 2. The van der Waals surface area contributed by atoms with Crippen molar-refractivity contribution in [3.05, 3.63) is 88.5 Å². The lowest BCUT2D eigenvalue weighted by Crippen LogP contribution is -2.42. The van der Waals surface area contributed by atoms with E-state index in [1.807, 2.05) is 39.8 Å². The highest BCUT2D eigenvalue weighted by Crippen LogP contribution is 2.58. The Bertz CT molecular complexity index is 1420. The molecule has 0 saturated heterocycles. The van der Waals surface area contributed by atoms with Gasteiger partial charge in [0, 0.05) is 0 Å². The van der Waals surface area contributed by atoms with Crippen LogP contribution in [0.15, 0.2) is 60.7 Å². The predicted octanol–water partition coefficient (Wildman–Crippen LogP) is 8.63. The molecule has 0 saturated carbocycles. The largest absolute Gasteiger partial charge is 0.508 e. The van der Waals surface area contributed by atoms with Crippen LogP contribution < -0.4 is 14.3 Å². The first-order valence-electron chi connectivity index (χ1n) is 14.5. The lowest BCUT2D eigenvalue weighted by atomic mass is 9.93. The average Bonchev–Trinajstić information content (AvgIpc) is 2.94. The van der Waals surface area contributed by atoms with Gasteiger partial charge in [-0.25, -0.2) is 9.65 Å². The van der Waals surface area contributed by atoms with E-state index in [1.165, 1.54) is 31.2 Å². The Balaban J connectivity index is 1.90. The summed E-state index contributed by atoms with van der Waals surface area (Å²) < 4.78 is 61.5. The van der Waals surface area contributed by atoms with E-state index in [9.17, 15) is 14.5 Å². The summed E-state index contributed by atoms with van der Waals surface area (Å²) >= 11 is 0. The Morgan fingerprint density at radius 3 is 2.12 bits per heavy atom. The van der Waals surface area contributed by atoms with Crippen LogP contribution in [0, 0.1) is 13.8 Å². The van der Waals surface area contributed by atoms with Crippen molar-refractivity contribution in [1.82, 2.24) is 5.09 Å². The molecule has 2 atom stereocenters. The molecule has 0 aliphatic carbocycles. The zero-order valence-electron chi connectivity index (χ0n) is 25.8. The molecule has 0 fully saturated rings. The van der Waals surface area contributed by atoms with Crippen LogP contribution in [0.25, 0.3) is 0 Å². The van der Waals surface area contributed by atoms with Crippen LogP contribution in [0.1, 0.15) is 81.2 Å². The van der Waals surface area contributed by atoms with Crippen LogP contribution in [-0.4, -0.2) is 29.1 Å². The molecule has 3 aromatic rings. The van der Waals surface area contributed by atoms with Crippen molar-refractivity contribution in [3.63, 3.8) is 0 Å². The minimum atomic E-state index is -5.23. The number of nitrogens with one attached hydrogen (secondary N) is 1. The lowest BCUT2D eigenvalue weighted by molar-refractivity contribution is -0.151. The second-order valence-corrected chi connectivity index (χ2v) is 13.1. The van der Waals surface area contributed by atoms with E-state index < -0.39 is 31.5 Å². The summed E-state index contributed by atoms with van der Waals surface area (Å²) in [6, 6.07) is 14.5. The molecule has 0 aliphatic heterocycles. The van der Waals surface area contributed by atoms with Crippen molar-refractivity contribution in [2.75, 3.05) is 0 Å². The molecular formula is C33H42F2NO6P. The summed E-state index contributed by atoms with van der Waals surface area (Å²) in [5.41, 5.74) is 4.09. The first-order chi connectivity index (χ1) is 20.2. The molecule has 1 unspecified atom stereocenters. The third-order valence-electron chi connectivity index (χ3n) is 7.24. The monoisotopic (exact) mass is 617 g/mol. The van der Waals surface area contributed by atoms with Crippen LogP contribution >= 0.6 is 7.52 Å². The number of para-hydroxylation sites is 1. The molecule has 43 heavy (non-hydrogen) atoms. The Morgan fingerprint density at radius 1 is 0.953 bits per heavy atom. The van der Waals surface area contributed by atoms with Gasteiger partial charge >= 0.3 is 19.3 Å². The van der Waals surface area contributed by atoms with E-state index >= 15 is 8.78 Å². The number of benzene rings is 3. The van der Waals surface area contributed by atoms with Gasteiger partial charge in [0.15, 0.2) is 0 Å². The van der Waals surface area contributed by atoms with Gasteiger partial charge in [0.25, 0.3) is 0 Å². The number of halogens is 2. The van der Waals surface area contributed by atoms with E-state index in [-0.39, 0.29) is 23.2 Å².